The molecule has 0 saturated heterocycles. The molecule has 7 heteroatoms. The Hall–Kier alpha value is -2.70. The zero-order valence-electron chi connectivity index (χ0n) is 12.4. The number of rotatable bonds is 3. The van der Waals surface area contributed by atoms with E-state index in [-0.39, 0.29) is 11.1 Å². The third kappa shape index (κ3) is 2.77. The van der Waals surface area contributed by atoms with Crippen LogP contribution in [0.1, 0.15) is 12.1 Å². The molecule has 0 saturated carbocycles. The number of aryl methyl sites for hydroxylation is 1. The van der Waals surface area contributed by atoms with Crippen molar-refractivity contribution in [2.75, 3.05) is 0 Å². The van der Waals surface area contributed by atoms with E-state index in [2.05, 4.69) is 5.10 Å². The van der Waals surface area contributed by atoms with Gasteiger partial charge in [-0.3, -0.25) is 4.68 Å². The topological polar surface area (TPSA) is 17.8 Å². The highest BCUT2D eigenvalue weighted by molar-refractivity contribution is 5.84. The van der Waals surface area contributed by atoms with Crippen LogP contribution in [0.25, 0.3) is 22.3 Å². The van der Waals surface area contributed by atoms with E-state index in [1.54, 1.807) is 12.1 Å². The molecule has 3 aromatic rings. The van der Waals surface area contributed by atoms with Gasteiger partial charge in [-0.1, -0.05) is 24.3 Å². The molecular formula is C17H11F5N2. The summed E-state index contributed by atoms with van der Waals surface area (Å²) in [5.41, 5.74) is 0.379. The Morgan fingerprint density at radius 3 is 2.08 bits per heavy atom. The van der Waals surface area contributed by atoms with Gasteiger partial charge in [0, 0.05) is 18.8 Å². The minimum absolute atomic E-state index is 0.0473. The molecule has 2 nitrogen and oxygen atoms in total. The van der Waals surface area contributed by atoms with E-state index in [0.717, 1.165) is 12.1 Å². The predicted molar refractivity (Wildman–Crippen MR) is 78.9 cm³/mol. The van der Waals surface area contributed by atoms with E-state index < -0.39 is 29.6 Å². The van der Waals surface area contributed by atoms with Gasteiger partial charge in [0.15, 0.2) is 17.5 Å². The molecule has 0 atom stereocenters. The van der Waals surface area contributed by atoms with Gasteiger partial charge in [0.2, 0.25) is 0 Å². The van der Waals surface area contributed by atoms with E-state index in [4.69, 9.17) is 0 Å². The maximum atomic E-state index is 13.5. The van der Waals surface area contributed by atoms with E-state index in [1.165, 1.54) is 30.1 Å². The number of alkyl halides is 2. The van der Waals surface area contributed by atoms with Crippen LogP contribution in [0.2, 0.25) is 0 Å². The SMILES string of the molecule is Cn1cc(-c2ccccc2-c2cc(F)c(F)c(F)c2)c(C(F)F)n1. The molecule has 3 rings (SSSR count). The summed E-state index contributed by atoms with van der Waals surface area (Å²) in [6.45, 7) is 0. The molecule has 0 aliphatic carbocycles. The molecular weight excluding hydrogens is 327 g/mol. The maximum Gasteiger partial charge on any atom is 0.282 e. The van der Waals surface area contributed by atoms with Gasteiger partial charge < -0.3 is 0 Å². The van der Waals surface area contributed by atoms with Gasteiger partial charge in [0.25, 0.3) is 6.43 Å². The molecule has 0 unspecified atom stereocenters. The van der Waals surface area contributed by atoms with Crippen LogP contribution >= 0.6 is 0 Å². The molecule has 24 heavy (non-hydrogen) atoms. The van der Waals surface area contributed by atoms with Crippen LogP contribution in [0, 0.1) is 17.5 Å². The molecule has 1 aromatic heterocycles. The third-order valence-electron chi connectivity index (χ3n) is 3.58. The quantitative estimate of drug-likeness (QED) is 0.479. The molecule has 0 bridgehead atoms. The largest absolute Gasteiger partial charge is 0.282 e. The highest BCUT2D eigenvalue weighted by Gasteiger charge is 2.21. The lowest BCUT2D eigenvalue weighted by Gasteiger charge is -2.10. The van der Waals surface area contributed by atoms with Crippen LogP contribution in [0.4, 0.5) is 22.0 Å². The Morgan fingerprint density at radius 1 is 0.917 bits per heavy atom. The Labute approximate surface area is 134 Å². The molecule has 0 aliphatic rings. The van der Waals surface area contributed by atoms with Crippen molar-refractivity contribution in [3.05, 3.63) is 65.7 Å². The number of hydrogen-bond acceptors (Lipinski definition) is 1. The fourth-order valence-corrected chi connectivity index (χ4v) is 2.56. The van der Waals surface area contributed by atoms with E-state index in [0.29, 0.717) is 11.1 Å². The minimum Gasteiger partial charge on any atom is -0.275 e. The summed E-state index contributed by atoms with van der Waals surface area (Å²) in [6, 6.07) is 7.92. The van der Waals surface area contributed by atoms with Crippen molar-refractivity contribution in [2.45, 2.75) is 6.43 Å². The Kier molecular flexibility index (Phi) is 4.09. The van der Waals surface area contributed by atoms with Crippen LogP contribution in [-0.2, 0) is 7.05 Å². The molecule has 0 amide bonds. The Morgan fingerprint density at radius 2 is 1.50 bits per heavy atom. The lowest BCUT2D eigenvalue weighted by molar-refractivity contribution is 0.146. The zero-order valence-corrected chi connectivity index (χ0v) is 12.4. The average Bonchev–Trinajstić information content (AvgIpc) is 2.94. The van der Waals surface area contributed by atoms with Gasteiger partial charge >= 0.3 is 0 Å². The summed E-state index contributed by atoms with van der Waals surface area (Å²) in [7, 11) is 1.50. The molecule has 0 aliphatic heterocycles. The average molecular weight is 338 g/mol. The van der Waals surface area contributed by atoms with Crippen molar-refractivity contribution in [3.8, 4) is 22.3 Å². The lowest BCUT2D eigenvalue weighted by atomic mass is 9.94. The van der Waals surface area contributed by atoms with Crippen LogP contribution in [0.5, 0.6) is 0 Å². The standard InChI is InChI=1S/C17H11F5N2/c1-24-8-12(16(23-24)17(21)22)11-5-3-2-4-10(11)9-6-13(18)15(20)14(19)7-9/h2-8,17H,1H3. The first-order valence-electron chi connectivity index (χ1n) is 6.94. The molecule has 0 radical (unpaired) electrons. The summed E-state index contributed by atoms with van der Waals surface area (Å²) < 4.78 is 67.8. The number of benzene rings is 2. The summed E-state index contributed by atoms with van der Waals surface area (Å²) >= 11 is 0. The van der Waals surface area contributed by atoms with Crippen molar-refractivity contribution in [1.29, 1.82) is 0 Å². The van der Waals surface area contributed by atoms with E-state index in [1.807, 2.05) is 0 Å². The van der Waals surface area contributed by atoms with E-state index >= 15 is 0 Å². The first-order valence-corrected chi connectivity index (χ1v) is 6.94. The fourth-order valence-electron chi connectivity index (χ4n) is 2.56. The monoisotopic (exact) mass is 338 g/mol. The number of hydrogen-bond donors (Lipinski definition) is 0. The van der Waals surface area contributed by atoms with Crippen LogP contribution in [-0.4, -0.2) is 9.78 Å². The first-order chi connectivity index (χ1) is 11.4. The summed E-state index contributed by atoms with van der Waals surface area (Å²) in [6.07, 6.45) is -1.41. The summed E-state index contributed by atoms with van der Waals surface area (Å²) in [5, 5.41) is 3.73. The van der Waals surface area contributed by atoms with Gasteiger partial charge in [-0.25, -0.2) is 22.0 Å². The van der Waals surface area contributed by atoms with Gasteiger partial charge in [0.1, 0.15) is 5.69 Å². The second-order valence-electron chi connectivity index (χ2n) is 5.20. The lowest BCUT2D eigenvalue weighted by Crippen LogP contribution is -1.94. The number of aromatic nitrogens is 2. The highest BCUT2D eigenvalue weighted by atomic mass is 19.3. The predicted octanol–water partition coefficient (Wildman–Crippen LogP) is 5.11. The Balaban J connectivity index is 2.24. The Bertz CT molecular complexity index is 879. The molecule has 2 aromatic carbocycles. The zero-order chi connectivity index (χ0) is 17.4. The number of nitrogens with zero attached hydrogens (tertiary/aromatic N) is 2. The van der Waals surface area contributed by atoms with Gasteiger partial charge in [-0.15, -0.1) is 0 Å². The second-order valence-corrected chi connectivity index (χ2v) is 5.20. The van der Waals surface area contributed by atoms with Crippen molar-refractivity contribution in [2.24, 2.45) is 7.05 Å². The smallest absolute Gasteiger partial charge is 0.275 e. The maximum absolute atomic E-state index is 13.5. The molecule has 0 spiro atoms. The first kappa shape index (κ1) is 16.2. The molecule has 0 fully saturated rings. The summed E-state index contributed by atoms with van der Waals surface area (Å²) in [4.78, 5) is 0. The van der Waals surface area contributed by atoms with Crippen molar-refractivity contribution < 1.29 is 22.0 Å². The third-order valence-corrected chi connectivity index (χ3v) is 3.58. The molecule has 124 valence electrons. The minimum atomic E-state index is -2.81. The molecule has 1 heterocycles. The van der Waals surface area contributed by atoms with Crippen LogP contribution in [0.3, 0.4) is 0 Å². The van der Waals surface area contributed by atoms with Crippen molar-refractivity contribution in [3.63, 3.8) is 0 Å². The van der Waals surface area contributed by atoms with Crippen LogP contribution in [0.15, 0.2) is 42.6 Å². The normalized spacial score (nSPS) is 11.3. The highest BCUT2D eigenvalue weighted by Crippen LogP contribution is 2.37. The van der Waals surface area contributed by atoms with E-state index in [9.17, 15) is 22.0 Å². The second kappa shape index (κ2) is 6.07. The van der Waals surface area contributed by atoms with Gasteiger partial charge in [0.05, 0.1) is 0 Å². The number of halogens is 5. The summed E-state index contributed by atoms with van der Waals surface area (Å²) in [5.74, 6) is -4.27. The fraction of sp³-hybridized carbons (Fsp3) is 0.118. The van der Waals surface area contributed by atoms with Crippen molar-refractivity contribution in [1.82, 2.24) is 9.78 Å². The van der Waals surface area contributed by atoms with Crippen molar-refractivity contribution >= 4 is 0 Å². The van der Waals surface area contributed by atoms with Gasteiger partial charge in [-0.05, 0) is 28.8 Å². The molecule has 0 N–H and O–H groups in total. The van der Waals surface area contributed by atoms with Gasteiger partial charge in [-0.2, -0.15) is 5.10 Å². The van der Waals surface area contributed by atoms with Crippen LogP contribution < -0.4 is 0 Å².